The third-order valence-corrected chi connectivity index (χ3v) is 3.36. The van der Waals surface area contributed by atoms with E-state index in [9.17, 15) is 9.59 Å². The molecule has 0 bridgehead atoms. The molecule has 8 heteroatoms. The first kappa shape index (κ1) is 14.3. The molecule has 0 fully saturated rings. The SMILES string of the molecule is Cn1nc(N(CCC(=O)O)C(N)=O)c2ccc(Br)cc21. The van der Waals surface area contributed by atoms with Gasteiger partial charge in [0, 0.05) is 23.5 Å². The van der Waals surface area contributed by atoms with E-state index in [1.54, 1.807) is 17.8 Å². The Morgan fingerprint density at radius 3 is 2.80 bits per heavy atom. The summed E-state index contributed by atoms with van der Waals surface area (Å²) in [6.07, 6.45) is -0.197. The average molecular weight is 341 g/mol. The van der Waals surface area contributed by atoms with E-state index in [4.69, 9.17) is 10.8 Å². The number of benzene rings is 1. The maximum absolute atomic E-state index is 11.5. The van der Waals surface area contributed by atoms with E-state index in [1.165, 1.54) is 4.90 Å². The summed E-state index contributed by atoms with van der Waals surface area (Å²) >= 11 is 3.37. The van der Waals surface area contributed by atoms with Crippen molar-refractivity contribution in [2.75, 3.05) is 11.4 Å². The fourth-order valence-corrected chi connectivity index (χ4v) is 2.29. The van der Waals surface area contributed by atoms with E-state index < -0.39 is 12.0 Å². The van der Waals surface area contributed by atoms with Crippen LogP contribution in [0.3, 0.4) is 0 Å². The van der Waals surface area contributed by atoms with Crippen molar-refractivity contribution in [3.63, 3.8) is 0 Å². The van der Waals surface area contributed by atoms with Gasteiger partial charge in [0.1, 0.15) is 0 Å². The Kier molecular flexibility index (Phi) is 3.93. The van der Waals surface area contributed by atoms with Gasteiger partial charge in [-0.2, -0.15) is 5.10 Å². The van der Waals surface area contributed by atoms with Gasteiger partial charge in [0.05, 0.1) is 11.9 Å². The number of anilines is 1. The summed E-state index contributed by atoms with van der Waals surface area (Å²) in [6, 6.07) is 4.76. The van der Waals surface area contributed by atoms with Gasteiger partial charge < -0.3 is 10.8 Å². The normalized spacial score (nSPS) is 10.7. The van der Waals surface area contributed by atoms with Crippen LogP contribution in [-0.4, -0.2) is 33.4 Å². The molecule has 2 aromatic rings. The van der Waals surface area contributed by atoms with E-state index in [0.717, 1.165) is 15.4 Å². The van der Waals surface area contributed by atoms with Gasteiger partial charge in [-0.3, -0.25) is 14.4 Å². The van der Waals surface area contributed by atoms with Crippen molar-refractivity contribution in [1.29, 1.82) is 0 Å². The van der Waals surface area contributed by atoms with Gasteiger partial charge in [-0.1, -0.05) is 15.9 Å². The summed E-state index contributed by atoms with van der Waals surface area (Å²) < 4.78 is 2.50. The van der Waals surface area contributed by atoms with Crippen molar-refractivity contribution in [3.05, 3.63) is 22.7 Å². The Bertz CT molecular complexity index is 683. The Morgan fingerprint density at radius 2 is 2.20 bits per heavy atom. The molecule has 1 aromatic carbocycles. The smallest absolute Gasteiger partial charge is 0.320 e. The van der Waals surface area contributed by atoms with Crippen LogP contribution in [0.5, 0.6) is 0 Å². The van der Waals surface area contributed by atoms with Crippen LogP contribution in [-0.2, 0) is 11.8 Å². The molecule has 2 amide bonds. The first-order valence-electron chi connectivity index (χ1n) is 5.81. The maximum Gasteiger partial charge on any atom is 0.320 e. The summed E-state index contributed by atoms with van der Waals surface area (Å²) in [5, 5.41) is 13.7. The number of aromatic nitrogens is 2. The number of aliphatic carboxylic acids is 1. The summed E-state index contributed by atoms with van der Waals surface area (Å²) in [7, 11) is 1.74. The zero-order valence-electron chi connectivity index (χ0n) is 10.7. The molecule has 7 nitrogen and oxygen atoms in total. The van der Waals surface area contributed by atoms with Gasteiger partial charge in [-0.05, 0) is 18.2 Å². The van der Waals surface area contributed by atoms with E-state index in [2.05, 4.69) is 21.0 Å². The van der Waals surface area contributed by atoms with Crippen LogP contribution in [0.1, 0.15) is 6.42 Å². The highest BCUT2D eigenvalue weighted by molar-refractivity contribution is 9.10. The second-order valence-corrected chi connectivity index (χ2v) is 5.16. The number of urea groups is 1. The highest BCUT2D eigenvalue weighted by atomic mass is 79.9. The second-order valence-electron chi connectivity index (χ2n) is 4.24. The minimum atomic E-state index is -1.00. The molecule has 0 aliphatic rings. The number of primary amides is 1. The lowest BCUT2D eigenvalue weighted by Gasteiger charge is -2.16. The number of aryl methyl sites for hydroxylation is 1. The fourth-order valence-electron chi connectivity index (χ4n) is 1.94. The summed E-state index contributed by atoms with van der Waals surface area (Å²) in [5.74, 6) is -0.636. The molecule has 0 radical (unpaired) electrons. The van der Waals surface area contributed by atoms with Crippen molar-refractivity contribution in [3.8, 4) is 0 Å². The molecular formula is C12H13BrN4O3. The number of carbonyl (C=O) groups excluding carboxylic acids is 1. The summed E-state index contributed by atoms with van der Waals surface area (Å²) in [4.78, 5) is 23.4. The topological polar surface area (TPSA) is 101 Å². The standard InChI is InChI=1S/C12H13BrN4O3/c1-16-9-6-7(13)2-3-8(9)11(15-16)17(12(14)20)5-4-10(18)19/h2-3,6H,4-5H2,1H3,(H2,14,20)(H,18,19). The number of rotatable bonds is 4. The molecular weight excluding hydrogens is 328 g/mol. The Hall–Kier alpha value is -2.09. The number of carboxylic acids is 1. The molecule has 20 heavy (non-hydrogen) atoms. The van der Waals surface area contributed by atoms with Crippen LogP contribution >= 0.6 is 15.9 Å². The van der Waals surface area contributed by atoms with Crippen LogP contribution in [0.25, 0.3) is 10.9 Å². The molecule has 0 atom stereocenters. The Morgan fingerprint density at radius 1 is 1.50 bits per heavy atom. The third kappa shape index (κ3) is 2.74. The number of carbonyl (C=O) groups is 2. The highest BCUT2D eigenvalue weighted by Gasteiger charge is 2.20. The second kappa shape index (κ2) is 5.49. The Labute approximate surface area is 123 Å². The van der Waals surface area contributed by atoms with Gasteiger partial charge >= 0.3 is 12.0 Å². The quantitative estimate of drug-likeness (QED) is 0.884. The van der Waals surface area contributed by atoms with E-state index in [1.807, 2.05) is 12.1 Å². The minimum absolute atomic E-state index is 0.0210. The van der Waals surface area contributed by atoms with Crippen LogP contribution in [0.4, 0.5) is 10.6 Å². The van der Waals surface area contributed by atoms with E-state index in [0.29, 0.717) is 5.82 Å². The zero-order valence-corrected chi connectivity index (χ0v) is 12.3. The summed E-state index contributed by atoms with van der Waals surface area (Å²) in [5.41, 5.74) is 6.14. The number of carboxylic acid groups (broad SMARTS) is 1. The molecule has 0 spiro atoms. The van der Waals surface area contributed by atoms with Gasteiger partial charge in [0.25, 0.3) is 0 Å². The minimum Gasteiger partial charge on any atom is -0.481 e. The molecule has 3 N–H and O–H groups in total. The van der Waals surface area contributed by atoms with E-state index in [-0.39, 0.29) is 13.0 Å². The Balaban J connectivity index is 2.48. The van der Waals surface area contributed by atoms with Crippen molar-refractivity contribution in [2.45, 2.75) is 6.42 Å². The van der Waals surface area contributed by atoms with Gasteiger partial charge in [-0.15, -0.1) is 0 Å². The molecule has 0 saturated carbocycles. The largest absolute Gasteiger partial charge is 0.481 e. The average Bonchev–Trinajstić information content (AvgIpc) is 2.66. The summed E-state index contributed by atoms with van der Waals surface area (Å²) in [6.45, 7) is -0.0210. The van der Waals surface area contributed by atoms with Crippen LogP contribution in [0.2, 0.25) is 0 Å². The molecule has 0 unspecified atom stereocenters. The lowest BCUT2D eigenvalue weighted by atomic mass is 10.2. The van der Waals surface area contributed by atoms with Crippen molar-refractivity contribution < 1.29 is 14.7 Å². The lowest BCUT2D eigenvalue weighted by Crippen LogP contribution is -2.37. The van der Waals surface area contributed by atoms with Gasteiger partial charge in [0.15, 0.2) is 5.82 Å². The van der Waals surface area contributed by atoms with Crippen molar-refractivity contribution in [1.82, 2.24) is 9.78 Å². The number of hydrogen-bond acceptors (Lipinski definition) is 3. The lowest BCUT2D eigenvalue weighted by molar-refractivity contribution is -0.136. The zero-order chi connectivity index (χ0) is 14.9. The number of fused-ring (bicyclic) bond motifs is 1. The predicted molar refractivity (Wildman–Crippen MR) is 77.6 cm³/mol. The van der Waals surface area contributed by atoms with Crippen LogP contribution in [0.15, 0.2) is 22.7 Å². The molecule has 1 heterocycles. The van der Waals surface area contributed by atoms with Gasteiger partial charge in [-0.25, -0.2) is 4.79 Å². The number of hydrogen-bond donors (Lipinski definition) is 2. The van der Waals surface area contributed by atoms with Gasteiger partial charge in [0.2, 0.25) is 0 Å². The monoisotopic (exact) mass is 340 g/mol. The predicted octanol–water partition coefficient (Wildman–Crippen LogP) is 1.70. The molecule has 0 saturated heterocycles. The van der Waals surface area contributed by atoms with Crippen LogP contribution < -0.4 is 10.6 Å². The maximum atomic E-state index is 11.5. The van der Waals surface area contributed by atoms with E-state index >= 15 is 0 Å². The van der Waals surface area contributed by atoms with Crippen molar-refractivity contribution >= 4 is 44.7 Å². The molecule has 0 aliphatic carbocycles. The molecule has 0 aliphatic heterocycles. The fraction of sp³-hybridized carbons (Fsp3) is 0.250. The molecule has 2 rings (SSSR count). The number of nitrogens with two attached hydrogens (primary N) is 1. The molecule has 1 aromatic heterocycles. The number of amides is 2. The molecule has 106 valence electrons. The van der Waals surface area contributed by atoms with Crippen molar-refractivity contribution in [2.24, 2.45) is 12.8 Å². The first-order chi connectivity index (χ1) is 9.40. The third-order valence-electron chi connectivity index (χ3n) is 2.87. The first-order valence-corrected chi connectivity index (χ1v) is 6.60. The number of halogens is 1. The highest BCUT2D eigenvalue weighted by Crippen LogP contribution is 2.28. The van der Waals surface area contributed by atoms with Crippen LogP contribution in [0, 0.1) is 0 Å². The number of nitrogens with zero attached hydrogens (tertiary/aromatic N) is 3.